The number of nitrogens with two attached hydrogens (primary N) is 1. The topological polar surface area (TPSA) is 80.4 Å². The molecule has 3 rings (SSSR count). The molecule has 0 atom stereocenters. The Hall–Kier alpha value is -2.62. The number of phenols is 1. The number of ketones is 2. The van der Waals surface area contributed by atoms with Crippen LogP contribution in [-0.2, 0) is 0 Å². The first-order valence-electron chi connectivity index (χ1n) is 5.82. The van der Waals surface area contributed by atoms with Crippen molar-refractivity contribution in [1.82, 2.24) is 0 Å². The lowest BCUT2D eigenvalue weighted by molar-refractivity contribution is 0.0977. The van der Waals surface area contributed by atoms with E-state index in [4.69, 9.17) is 5.73 Å². The normalized spacial score (nSPS) is 13.1. The van der Waals surface area contributed by atoms with Crippen LogP contribution in [0, 0.1) is 6.92 Å². The zero-order valence-electron chi connectivity index (χ0n) is 10.2. The van der Waals surface area contributed by atoms with Crippen molar-refractivity contribution in [3.8, 4) is 5.75 Å². The van der Waals surface area contributed by atoms with Crippen molar-refractivity contribution in [1.29, 1.82) is 0 Å². The molecule has 0 amide bonds. The van der Waals surface area contributed by atoms with E-state index in [-0.39, 0.29) is 45.3 Å². The van der Waals surface area contributed by atoms with Crippen LogP contribution >= 0.6 is 0 Å². The van der Waals surface area contributed by atoms with Gasteiger partial charge in [-0.25, -0.2) is 0 Å². The van der Waals surface area contributed by atoms with E-state index in [1.807, 2.05) is 0 Å². The molecule has 0 heterocycles. The van der Waals surface area contributed by atoms with Crippen LogP contribution in [-0.4, -0.2) is 16.7 Å². The highest BCUT2D eigenvalue weighted by Crippen LogP contribution is 2.35. The second kappa shape index (κ2) is 3.68. The summed E-state index contributed by atoms with van der Waals surface area (Å²) < 4.78 is 0. The minimum Gasteiger partial charge on any atom is -0.507 e. The van der Waals surface area contributed by atoms with Gasteiger partial charge < -0.3 is 10.8 Å². The fourth-order valence-corrected chi connectivity index (χ4v) is 2.47. The number of aromatic hydroxyl groups is 1. The van der Waals surface area contributed by atoms with E-state index in [2.05, 4.69) is 0 Å². The van der Waals surface area contributed by atoms with Crippen LogP contribution in [0.1, 0.15) is 37.4 Å². The summed E-state index contributed by atoms with van der Waals surface area (Å²) in [6.07, 6.45) is 0. The van der Waals surface area contributed by atoms with Gasteiger partial charge in [-0.1, -0.05) is 12.1 Å². The number of hydrogen-bond acceptors (Lipinski definition) is 4. The number of fused-ring (bicyclic) bond motifs is 2. The van der Waals surface area contributed by atoms with Crippen LogP contribution in [0.15, 0.2) is 30.3 Å². The van der Waals surface area contributed by atoms with E-state index in [1.165, 1.54) is 6.07 Å². The fraction of sp³-hybridized carbons (Fsp3) is 0.0667. The predicted octanol–water partition coefficient (Wildman–Crippen LogP) is 2.06. The van der Waals surface area contributed by atoms with Crippen molar-refractivity contribution in [2.75, 3.05) is 5.73 Å². The summed E-state index contributed by atoms with van der Waals surface area (Å²) in [4.78, 5) is 24.8. The third-order valence-electron chi connectivity index (χ3n) is 3.30. The first-order valence-corrected chi connectivity index (χ1v) is 5.82. The molecule has 4 heteroatoms. The van der Waals surface area contributed by atoms with Crippen LogP contribution in [0.3, 0.4) is 0 Å². The molecule has 3 N–H and O–H groups in total. The van der Waals surface area contributed by atoms with Gasteiger partial charge in [-0.15, -0.1) is 0 Å². The Labute approximate surface area is 109 Å². The van der Waals surface area contributed by atoms with Gasteiger partial charge in [0.25, 0.3) is 0 Å². The van der Waals surface area contributed by atoms with Gasteiger partial charge in [-0.2, -0.15) is 0 Å². The predicted molar refractivity (Wildman–Crippen MR) is 70.6 cm³/mol. The Morgan fingerprint density at radius 3 is 2.42 bits per heavy atom. The summed E-state index contributed by atoms with van der Waals surface area (Å²) in [7, 11) is 0. The molecule has 2 aromatic rings. The molecule has 0 saturated carbocycles. The van der Waals surface area contributed by atoms with Crippen molar-refractivity contribution in [2.24, 2.45) is 0 Å². The summed E-state index contributed by atoms with van der Waals surface area (Å²) in [5, 5.41) is 9.92. The highest BCUT2D eigenvalue weighted by Gasteiger charge is 2.33. The maximum atomic E-state index is 12.4. The minimum absolute atomic E-state index is 0.0636. The minimum atomic E-state index is -0.366. The molecule has 0 radical (unpaired) electrons. The standard InChI is InChI=1S/C15H11NO3/c1-7-5-9-13(11(17)6-7)14(18)8-3-2-4-10(16)12(8)15(9)19/h2-6,17H,16H2,1H3. The molecule has 0 unspecified atom stereocenters. The lowest BCUT2D eigenvalue weighted by Gasteiger charge is -2.20. The van der Waals surface area contributed by atoms with E-state index >= 15 is 0 Å². The molecule has 1 aliphatic rings. The highest BCUT2D eigenvalue weighted by molar-refractivity contribution is 6.30. The highest BCUT2D eigenvalue weighted by atomic mass is 16.3. The largest absolute Gasteiger partial charge is 0.507 e. The first kappa shape index (κ1) is 11.5. The molecule has 2 aromatic carbocycles. The van der Waals surface area contributed by atoms with Crippen molar-refractivity contribution in [2.45, 2.75) is 6.92 Å². The third kappa shape index (κ3) is 1.46. The molecule has 94 valence electrons. The van der Waals surface area contributed by atoms with E-state index in [0.29, 0.717) is 0 Å². The summed E-state index contributed by atoms with van der Waals surface area (Å²) in [6, 6.07) is 7.83. The Bertz CT molecular complexity index is 747. The SMILES string of the molecule is Cc1cc(O)c2c(c1)C(=O)c1c(N)cccc1C2=O. The number of phenolic OH excluding ortho intramolecular Hbond substituents is 1. The molecular formula is C15H11NO3. The molecule has 1 aliphatic carbocycles. The average molecular weight is 253 g/mol. The van der Waals surface area contributed by atoms with Gasteiger partial charge in [0, 0.05) is 16.8 Å². The zero-order valence-corrected chi connectivity index (χ0v) is 10.2. The van der Waals surface area contributed by atoms with Gasteiger partial charge in [0.05, 0.1) is 11.1 Å². The number of carbonyl (C=O) groups is 2. The second-order valence-electron chi connectivity index (χ2n) is 4.63. The van der Waals surface area contributed by atoms with Gasteiger partial charge in [0.15, 0.2) is 11.6 Å². The van der Waals surface area contributed by atoms with Gasteiger partial charge >= 0.3 is 0 Å². The quantitative estimate of drug-likeness (QED) is 0.601. The Morgan fingerprint density at radius 2 is 1.68 bits per heavy atom. The number of hydrogen-bond donors (Lipinski definition) is 2. The lowest BCUT2D eigenvalue weighted by Crippen LogP contribution is -2.22. The molecule has 0 aromatic heterocycles. The molecule has 0 spiro atoms. The van der Waals surface area contributed by atoms with E-state index in [0.717, 1.165) is 5.56 Å². The van der Waals surface area contributed by atoms with Crippen molar-refractivity contribution in [3.63, 3.8) is 0 Å². The van der Waals surface area contributed by atoms with Crippen LogP contribution in [0.5, 0.6) is 5.75 Å². The summed E-state index contributed by atoms with van der Waals surface area (Å²) in [6.45, 7) is 1.75. The zero-order chi connectivity index (χ0) is 13.7. The molecule has 4 nitrogen and oxygen atoms in total. The van der Waals surface area contributed by atoms with Crippen LogP contribution < -0.4 is 5.73 Å². The Morgan fingerprint density at radius 1 is 1.00 bits per heavy atom. The lowest BCUT2D eigenvalue weighted by atomic mass is 9.82. The number of aryl methyl sites for hydroxylation is 1. The average Bonchev–Trinajstić information content (AvgIpc) is 2.35. The molecule has 0 bridgehead atoms. The van der Waals surface area contributed by atoms with Gasteiger partial charge in [-0.3, -0.25) is 9.59 Å². The Kier molecular flexibility index (Phi) is 2.22. The number of benzene rings is 2. The third-order valence-corrected chi connectivity index (χ3v) is 3.30. The second-order valence-corrected chi connectivity index (χ2v) is 4.63. The Balaban J connectivity index is 2.40. The molecule has 19 heavy (non-hydrogen) atoms. The molecule has 0 saturated heterocycles. The van der Waals surface area contributed by atoms with Crippen LogP contribution in [0.4, 0.5) is 5.69 Å². The maximum Gasteiger partial charge on any atom is 0.198 e. The molecule has 0 aliphatic heterocycles. The van der Waals surface area contributed by atoms with Gasteiger partial charge in [0.1, 0.15) is 5.75 Å². The smallest absolute Gasteiger partial charge is 0.198 e. The fourth-order valence-electron chi connectivity index (χ4n) is 2.47. The number of nitrogen functional groups attached to an aromatic ring is 1. The van der Waals surface area contributed by atoms with E-state index in [9.17, 15) is 14.7 Å². The van der Waals surface area contributed by atoms with E-state index < -0.39 is 0 Å². The monoisotopic (exact) mass is 253 g/mol. The summed E-state index contributed by atoms with van der Waals surface area (Å²) in [5.41, 5.74) is 7.54. The van der Waals surface area contributed by atoms with Crippen LogP contribution in [0.25, 0.3) is 0 Å². The van der Waals surface area contributed by atoms with Crippen molar-refractivity contribution >= 4 is 17.3 Å². The molecule has 0 fully saturated rings. The van der Waals surface area contributed by atoms with Crippen molar-refractivity contribution in [3.05, 3.63) is 58.1 Å². The number of carbonyl (C=O) groups excluding carboxylic acids is 2. The van der Waals surface area contributed by atoms with Gasteiger partial charge in [0.2, 0.25) is 0 Å². The van der Waals surface area contributed by atoms with E-state index in [1.54, 1.807) is 31.2 Å². The first-order chi connectivity index (χ1) is 9.00. The van der Waals surface area contributed by atoms with Crippen LogP contribution in [0.2, 0.25) is 0 Å². The summed E-state index contributed by atoms with van der Waals surface area (Å²) >= 11 is 0. The van der Waals surface area contributed by atoms with Gasteiger partial charge in [-0.05, 0) is 30.7 Å². The van der Waals surface area contributed by atoms with Crippen molar-refractivity contribution < 1.29 is 14.7 Å². The summed E-state index contributed by atoms with van der Waals surface area (Å²) in [5.74, 6) is -0.850. The molecular weight excluding hydrogens is 242 g/mol. The maximum absolute atomic E-state index is 12.4. The number of rotatable bonds is 0. The number of anilines is 1.